The number of rotatable bonds is 10. The second-order valence-corrected chi connectivity index (χ2v) is 9.00. The van der Waals surface area contributed by atoms with Gasteiger partial charge in [0.05, 0.1) is 7.11 Å². The molecule has 1 aliphatic rings. The van der Waals surface area contributed by atoms with E-state index in [-0.39, 0.29) is 24.3 Å². The number of amides is 3. The molecule has 0 unspecified atom stereocenters. The van der Waals surface area contributed by atoms with Crippen molar-refractivity contribution in [3.05, 3.63) is 59.7 Å². The Hall–Kier alpha value is -3.55. The molecule has 188 valence electrons. The van der Waals surface area contributed by atoms with Crippen LogP contribution in [0.5, 0.6) is 5.75 Å². The molecular weight excluding hydrogens is 446 g/mol. The summed E-state index contributed by atoms with van der Waals surface area (Å²) in [6, 6.07) is 13.2. The molecule has 0 saturated carbocycles. The van der Waals surface area contributed by atoms with E-state index in [4.69, 9.17) is 9.47 Å². The molecule has 0 saturated heterocycles. The van der Waals surface area contributed by atoms with E-state index in [9.17, 15) is 14.4 Å². The van der Waals surface area contributed by atoms with E-state index in [2.05, 4.69) is 17.6 Å². The van der Waals surface area contributed by atoms with E-state index < -0.39 is 18.2 Å². The number of hydrogen-bond acceptors (Lipinski definition) is 5. The summed E-state index contributed by atoms with van der Waals surface area (Å²) in [6.45, 7) is 6.39. The molecule has 0 radical (unpaired) electrons. The van der Waals surface area contributed by atoms with Crippen molar-refractivity contribution in [2.45, 2.75) is 58.7 Å². The number of hydrogen-bond donors (Lipinski definition) is 2. The molecular formula is C27H35N3O5. The number of fused-ring (bicyclic) bond motifs is 1. The van der Waals surface area contributed by atoms with Gasteiger partial charge in [-0.15, -0.1) is 0 Å². The number of anilines is 1. The molecule has 1 aliphatic heterocycles. The van der Waals surface area contributed by atoms with Gasteiger partial charge in [0, 0.05) is 18.7 Å². The van der Waals surface area contributed by atoms with E-state index in [1.165, 1.54) is 4.90 Å². The number of ether oxygens (including phenoxy) is 2. The first kappa shape index (κ1) is 26.1. The predicted molar refractivity (Wildman–Crippen MR) is 134 cm³/mol. The third-order valence-electron chi connectivity index (χ3n) is 6.06. The number of carbonyl (C=O) groups excluding carboxylic acids is 3. The zero-order valence-corrected chi connectivity index (χ0v) is 20.9. The molecule has 0 fully saturated rings. The molecule has 0 spiro atoms. The fourth-order valence-corrected chi connectivity index (χ4v) is 4.10. The smallest absolute Gasteiger partial charge is 0.408 e. The van der Waals surface area contributed by atoms with Crippen molar-refractivity contribution >= 4 is 23.6 Å². The summed E-state index contributed by atoms with van der Waals surface area (Å²) < 4.78 is 10.7. The van der Waals surface area contributed by atoms with Crippen molar-refractivity contribution < 1.29 is 23.9 Å². The van der Waals surface area contributed by atoms with E-state index in [1.807, 2.05) is 50.2 Å². The second kappa shape index (κ2) is 12.2. The molecule has 8 heteroatoms. The van der Waals surface area contributed by atoms with Gasteiger partial charge in [-0.05, 0) is 41.7 Å². The molecule has 35 heavy (non-hydrogen) atoms. The molecule has 2 atom stereocenters. The Balaban J connectivity index is 1.80. The number of nitrogens with one attached hydrogen (secondary N) is 2. The Labute approximate surface area is 207 Å². The van der Waals surface area contributed by atoms with Crippen LogP contribution in [-0.2, 0) is 27.4 Å². The Kier molecular flexibility index (Phi) is 9.11. The molecule has 0 aromatic heterocycles. The summed E-state index contributed by atoms with van der Waals surface area (Å²) >= 11 is 0. The average molecular weight is 482 g/mol. The van der Waals surface area contributed by atoms with E-state index in [0.717, 1.165) is 24.0 Å². The summed E-state index contributed by atoms with van der Waals surface area (Å²) in [5.41, 5.74) is 2.35. The maximum atomic E-state index is 13.8. The summed E-state index contributed by atoms with van der Waals surface area (Å²) in [5.74, 6) is -0.128. The van der Waals surface area contributed by atoms with E-state index >= 15 is 0 Å². The van der Waals surface area contributed by atoms with E-state index in [1.54, 1.807) is 19.2 Å². The highest BCUT2D eigenvalue weighted by atomic mass is 16.5. The highest BCUT2D eigenvalue weighted by molar-refractivity contribution is 6.06. The molecule has 0 aliphatic carbocycles. The highest BCUT2D eigenvalue weighted by Gasteiger charge is 2.42. The van der Waals surface area contributed by atoms with Gasteiger partial charge < -0.3 is 20.1 Å². The van der Waals surface area contributed by atoms with Gasteiger partial charge in [-0.1, -0.05) is 57.5 Å². The third-order valence-corrected chi connectivity index (χ3v) is 6.06. The standard InChI is InChI=1S/C27H35N3O5/c1-5-6-14-28-25(31)23-16-20-15-21(34-4)12-13-22(20)30(23)26(32)24(18(2)3)29-27(33)35-17-19-10-8-7-9-11-19/h7-13,15,18,23-24H,5-6,14,16-17H2,1-4H3,(H,28,31)(H,29,33)/t23-,24+/m1/s1. The van der Waals surface area contributed by atoms with Gasteiger partial charge in [-0.2, -0.15) is 0 Å². The number of nitrogens with zero attached hydrogens (tertiary/aromatic N) is 1. The number of methoxy groups -OCH3 is 1. The summed E-state index contributed by atoms with van der Waals surface area (Å²) in [6.07, 6.45) is 1.50. The van der Waals surface area contributed by atoms with Crippen LogP contribution in [0.15, 0.2) is 48.5 Å². The van der Waals surface area contributed by atoms with Crippen molar-refractivity contribution in [3.63, 3.8) is 0 Å². The van der Waals surface area contributed by atoms with Gasteiger partial charge in [0.2, 0.25) is 5.91 Å². The number of unbranched alkanes of at least 4 members (excludes halogenated alkanes) is 1. The fourth-order valence-electron chi connectivity index (χ4n) is 4.10. The third kappa shape index (κ3) is 6.53. The first-order chi connectivity index (χ1) is 16.8. The van der Waals surface area contributed by atoms with Gasteiger partial charge in [0.15, 0.2) is 0 Å². The summed E-state index contributed by atoms with van der Waals surface area (Å²) in [5, 5.41) is 5.66. The summed E-state index contributed by atoms with van der Waals surface area (Å²) in [4.78, 5) is 41.0. The lowest BCUT2D eigenvalue weighted by Gasteiger charge is -2.31. The van der Waals surface area contributed by atoms with Crippen molar-refractivity contribution in [1.29, 1.82) is 0 Å². The molecule has 2 N–H and O–H groups in total. The number of carbonyl (C=O) groups is 3. The zero-order valence-electron chi connectivity index (χ0n) is 20.9. The van der Waals surface area contributed by atoms with Crippen LogP contribution < -0.4 is 20.3 Å². The first-order valence-corrected chi connectivity index (χ1v) is 12.1. The predicted octanol–water partition coefficient (Wildman–Crippen LogP) is 3.82. The van der Waals surface area contributed by atoms with E-state index in [0.29, 0.717) is 24.4 Å². The second-order valence-electron chi connectivity index (χ2n) is 9.00. The average Bonchev–Trinajstić information content (AvgIpc) is 3.25. The van der Waals surface area contributed by atoms with Crippen LogP contribution in [0.3, 0.4) is 0 Å². The molecule has 3 rings (SSSR count). The minimum absolute atomic E-state index is 0.0977. The molecule has 1 heterocycles. The van der Waals surface area contributed by atoms with Gasteiger partial charge >= 0.3 is 6.09 Å². The van der Waals surface area contributed by atoms with Gasteiger partial charge in [-0.25, -0.2) is 4.79 Å². The SMILES string of the molecule is CCCCNC(=O)[C@H]1Cc2cc(OC)ccc2N1C(=O)[C@@H](NC(=O)OCc1ccccc1)C(C)C. The molecule has 3 amide bonds. The highest BCUT2D eigenvalue weighted by Crippen LogP contribution is 2.36. The molecule has 8 nitrogen and oxygen atoms in total. The Morgan fingerprint density at radius 1 is 1.11 bits per heavy atom. The van der Waals surface area contributed by atoms with Crippen LogP contribution in [0.2, 0.25) is 0 Å². The molecule has 2 aromatic carbocycles. The van der Waals surface area contributed by atoms with Crippen molar-refractivity contribution in [1.82, 2.24) is 10.6 Å². The topological polar surface area (TPSA) is 97.0 Å². The minimum Gasteiger partial charge on any atom is -0.497 e. The van der Waals surface area contributed by atoms with Crippen LogP contribution in [0.1, 0.15) is 44.7 Å². The molecule has 2 aromatic rings. The number of benzene rings is 2. The van der Waals surface area contributed by atoms with Crippen LogP contribution in [0, 0.1) is 5.92 Å². The lowest BCUT2D eigenvalue weighted by Crippen LogP contribution is -2.56. The Bertz CT molecular complexity index is 1020. The minimum atomic E-state index is -0.864. The largest absolute Gasteiger partial charge is 0.497 e. The monoisotopic (exact) mass is 481 g/mol. The Morgan fingerprint density at radius 2 is 1.86 bits per heavy atom. The van der Waals surface area contributed by atoms with Crippen LogP contribution in [-0.4, -0.2) is 43.6 Å². The fraction of sp³-hybridized carbons (Fsp3) is 0.444. The lowest BCUT2D eigenvalue weighted by molar-refractivity contribution is -0.127. The Morgan fingerprint density at radius 3 is 2.51 bits per heavy atom. The maximum Gasteiger partial charge on any atom is 0.408 e. The summed E-state index contributed by atoms with van der Waals surface area (Å²) in [7, 11) is 1.58. The zero-order chi connectivity index (χ0) is 25.4. The van der Waals surface area contributed by atoms with Crippen molar-refractivity contribution in [2.24, 2.45) is 5.92 Å². The van der Waals surface area contributed by atoms with Crippen molar-refractivity contribution in [2.75, 3.05) is 18.6 Å². The maximum absolute atomic E-state index is 13.8. The first-order valence-electron chi connectivity index (χ1n) is 12.1. The molecule has 0 bridgehead atoms. The van der Waals surface area contributed by atoms with Gasteiger partial charge in [-0.3, -0.25) is 14.5 Å². The van der Waals surface area contributed by atoms with Crippen LogP contribution in [0.25, 0.3) is 0 Å². The lowest BCUT2D eigenvalue weighted by atomic mass is 10.0. The van der Waals surface area contributed by atoms with Gasteiger partial charge in [0.25, 0.3) is 5.91 Å². The normalized spacial score (nSPS) is 15.3. The van der Waals surface area contributed by atoms with Crippen LogP contribution in [0.4, 0.5) is 10.5 Å². The number of alkyl carbamates (subject to hydrolysis) is 1. The van der Waals surface area contributed by atoms with Crippen LogP contribution >= 0.6 is 0 Å². The van der Waals surface area contributed by atoms with Crippen molar-refractivity contribution in [3.8, 4) is 5.75 Å². The quantitative estimate of drug-likeness (QED) is 0.503. The van der Waals surface area contributed by atoms with Gasteiger partial charge in [0.1, 0.15) is 24.4 Å².